The number of rotatable bonds is 7. The van der Waals surface area contributed by atoms with Crippen LogP contribution >= 0.6 is 0 Å². The van der Waals surface area contributed by atoms with Crippen molar-refractivity contribution in [1.82, 2.24) is 0 Å². The molecular weight excluding hydrogens is 250 g/mol. The summed E-state index contributed by atoms with van der Waals surface area (Å²) in [6, 6.07) is 8.06. The smallest absolute Gasteiger partial charge is 0.142 e. The van der Waals surface area contributed by atoms with Crippen molar-refractivity contribution in [1.29, 1.82) is 0 Å². The van der Waals surface area contributed by atoms with E-state index in [2.05, 4.69) is 19.9 Å². The highest BCUT2D eigenvalue weighted by Crippen LogP contribution is 2.27. The molecule has 0 amide bonds. The van der Waals surface area contributed by atoms with E-state index in [1.54, 1.807) is 6.92 Å². The Balaban J connectivity index is 2.86. The van der Waals surface area contributed by atoms with E-state index in [9.17, 15) is 4.79 Å². The van der Waals surface area contributed by atoms with E-state index in [0.29, 0.717) is 19.8 Å². The van der Waals surface area contributed by atoms with Crippen LogP contribution in [0.4, 0.5) is 0 Å². The summed E-state index contributed by atoms with van der Waals surface area (Å²) < 4.78 is 5.81. The lowest BCUT2D eigenvalue weighted by Crippen LogP contribution is -2.38. The fraction of sp³-hybridized carbons (Fsp3) is 0.588. The topological polar surface area (TPSA) is 52.3 Å². The van der Waals surface area contributed by atoms with Gasteiger partial charge in [-0.2, -0.15) is 0 Å². The summed E-state index contributed by atoms with van der Waals surface area (Å²) in [4.78, 5) is 12.1. The third-order valence-corrected chi connectivity index (χ3v) is 3.87. The Labute approximate surface area is 122 Å². The second-order valence-corrected chi connectivity index (χ2v) is 6.62. The monoisotopic (exact) mass is 277 g/mol. The van der Waals surface area contributed by atoms with Gasteiger partial charge in [0.05, 0.1) is 18.6 Å². The molecule has 3 nitrogen and oxygen atoms in total. The average Bonchev–Trinajstić information content (AvgIpc) is 2.38. The van der Waals surface area contributed by atoms with Crippen molar-refractivity contribution in [3.63, 3.8) is 0 Å². The molecule has 1 aromatic rings. The van der Waals surface area contributed by atoms with Gasteiger partial charge in [-0.1, -0.05) is 43.7 Å². The van der Waals surface area contributed by atoms with Crippen LogP contribution < -0.4 is 5.73 Å². The van der Waals surface area contributed by atoms with Crippen molar-refractivity contribution in [2.75, 3.05) is 19.8 Å². The minimum Gasteiger partial charge on any atom is -0.379 e. The lowest BCUT2D eigenvalue weighted by atomic mass is 9.79. The number of aryl methyl sites for hydroxylation is 1. The van der Waals surface area contributed by atoms with Crippen LogP contribution in [-0.4, -0.2) is 25.5 Å². The highest BCUT2D eigenvalue weighted by atomic mass is 16.5. The number of benzene rings is 1. The summed E-state index contributed by atoms with van der Waals surface area (Å²) in [7, 11) is 0. The second-order valence-electron chi connectivity index (χ2n) is 6.62. The SMILES string of the molecule is CC(=O)C(C)(COCC(C)(C)CN)c1cccc(C)c1. The molecule has 0 saturated heterocycles. The van der Waals surface area contributed by atoms with E-state index in [1.165, 1.54) is 0 Å². The van der Waals surface area contributed by atoms with Gasteiger partial charge in [0.15, 0.2) is 0 Å². The van der Waals surface area contributed by atoms with Crippen molar-refractivity contribution in [3.8, 4) is 0 Å². The first kappa shape index (κ1) is 16.9. The van der Waals surface area contributed by atoms with Gasteiger partial charge in [-0.05, 0) is 32.9 Å². The van der Waals surface area contributed by atoms with E-state index in [-0.39, 0.29) is 11.2 Å². The van der Waals surface area contributed by atoms with Crippen molar-refractivity contribution in [3.05, 3.63) is 35.4 Å². The molecule has 1 atom stereocenters. The van der Waals surface area contributed by atoms with Gasteiger partial charge in [-0.3, -0.25) is 4.79 Å². The van der Waals surface area contributed by atoms with Crippen LogP contribution in [0.5, 0.6) is 0 Å². The maximum atomic E-state index is 12.1. The summed E-state index contributed by atoms with van der Waals surface area (Å²) in [6.07, 6.45) is 0. The molecule has 0 radical (unpaired) electrons. The third kappa shape index (κ3) is 4.15. The Morgan fingerprint density at radius 2 is 1.90 bits per heavy atom. The molecule has 112 valence electrons. The quantitative estimate of drug-likeness (QED) is 0.834. The lowest BCUT2D eigenvalue weighted by molar-refractivity contribution is -0.124. The van der Waals surface area contributed by atoms with Crippen LogP contribution in [0.2, 0.25) is 0 Å². The zero-order chi connectivity index (χ0) is 15.4. The van der Waals surface area contributed by atoms with E-state index >= 15 is 0 Å². The highest BCUT2D eigenvalue weighted by Gasteiger charge is 2.33. The van der Waals surface area contributed by atoms with Gasteiger partial charge >= 0.3 is 0 Å². The number of ketones is 1. The molecule has 1 rings (SSSR count). The van der Waals surface area contributed by atoms with Crippen LogP contribution in [-0.2, 0) is 14.9 Å². The number of ether oxygens (including phenoxy) is 1. The minimum absolute atomic E-state index is 0.0652. The van der Waals surface area contributed by atoms with Crippen molar-refractivity contribution >= 4 is 5.78 Å². The van der Waals surface area contributed by atoms with Gasteiger partial charge < -0.3 is 10.5 Å². The van der Waals surface area contributed by atoms with E-state index in [4.69, 9.17) is 10.5 Å². The molecule has 0 heterocycles. The Kier molecular flexibility index (Phi) is 5.49. The molecule has 0 aliphatic rings. The van der Waals surface area contributed by atoms with Crippen LogP contribution in [0, 0.1) is 12.3 Å². The predicted molar refractivity (Wildman–Crippen MR) is 82.9 cm³/mol. The van der Waals surface area contributed by atoms with Crippen LogP contribution in [0.1, 0.15) is 38.8 Å². The fourth-order valence-electron chi connectivity index (χ4n) is 1.97. The number of hydrogen-bond donors (Lipinski definition) is 1. The first-order chi connectivity index (χ1) is 9.21. The van der Waals surface area contributed by atoms with E-state index < -0.39 is 5.41 Å². The zero-order valence-electron chi connectivity index (χ0n) is 13.3. The molecular formula is C17H27NO2. The van der Waals surface area contributed by atoms with E-state index in [0.717, 1.165) is 11.1 Å². The molecule has 0 saturated carbocycles. The van der Waals surface area contributed by atoms with Crippen LogP contribution in [0.15, 0.2) is 24.3 Å². The zero-order valence-corrected chi connectivity index (χ0v) is 13.3. The van der Waals surface area contributed by atoms with Gasteiger partial charge in [0.25, 0.3) is 0 Å². The number of carbonyl (C=O) groups excluding carboxylic acids is 1. The lowest BCUT2D eigenvalue weighted by Gasteiger charge is -2.30. The molecule has 0 aromatic heterocycles. The summed E-state index contributed by atoms with van der Waals surface area (Å²) in [6.45, 7) is 11.2. The van der Waals surface area contributed by atoms with Crippen molar-refractivity contribution in [2.24, 2.45) is 11.1 Å². The van der Waals surface area contributed by atoms with Crippen LogP contribution in [0.25, 0.3) is 0 Å². The van der Waals surface area contributed by atoms with Gasteiger partial charge in [-0.25, -0.2) is 0 Å². The Morgan fingerprint density at radius 1 is 1.25 bits per heavy atom. The largest absolute Gasteiger partial charge is 0.379 e. The molecule has 3 heteroatoms. The first-order valence-electron chi connectivity index (χ1n) is 7.07. The molecule has 1 aromatic carbocycles. The van der Waals surface area contributed by atoms with Gasteiger partial charge in [0.2, 0.25) is 0 Å². The number of Topliss-reactive ketones (excluding diaryl/α,β-unsaturated/α-hetero) is 1. The van der Waals surface area contributed by atoms with Gasteiger partial charge in [-0.15, -0.1) is 0 Å². The Bertz CT molecular complexity index is 468. The molecule has 20 heavy (non-hydrogen) atoms. The van der Waals surface area contributed by atoms with E-state index in [1.807, 2.05) is 32.0 Å². The molecule has 0 aliphatic carbocycles. The summed E-state index contributed by atoms with van der Waals surface area (Å²) in [5, 5.41) is 0. The maximum Gasteiger partial charge on any atom is 0.142 e. The molecule has 2 N–H and O–H groups in total. The molecule has 0 aliphatic heterocycles. The first-order valence-corrected chi connectivity index (χ1v) is 7.07. The van der Waals surface area contributed by atoms with Crippen molar-refractivity contribution < 1.29 is 9.53 Å². The molecule has 1 unspecified atom stereocenters. The van der Waals surface area contributed by atoms with Crippen molar-refractivity contribution in [2.45, 2.75) is 40.0 Å². The molecule has 0 spiro atoms. The Hall–Kier alpha value is -1.19. The number of carbonyl (C=O) groups is 1. The normalized spacial score (nSPS) is 14.9. The number of hydrogen-bond acceptors (Lipinski definition) is 3. The molecule has 0 bridgehead atoms. The average molecular weight is 277 g/mol. The van der Waals surface area contributed by atoms with Crippen LogP contribution in [0.3, 0.4) is 0 Å². The molecule has 0 fully saturated rings. The fourth-order valence-corrected chi connectivity index (χ4v) is 1.97. The van der Waals surface area contributed by atoms with Gasteiger partial charge in [0.1, 0.15) is 5.78 Å². The third-order valence-electron chi connectivity index (χ3n) is 3.87. The summed E-state index contributed by atoms with van der Waals surface area (Å²) in [5.41, 5.74) is 7.19. The summed E-state index contributed by atoms with van der Waals surface area (Å²) >= 11 is 0. The maximum absolute atomic E-state index is 12.1. The number of nitrogens with two attached hydrogens (primary N) is 1. The highest BCUT2D eigenvalue weighted by molar-refractivity contribution is 5.87. The van der Waals surface area contributed by atoms with Gasteiger partial charge in [0, 0.05) is 5.41 Å². The predicted octanol–water partition coefficient (Wildman–Crippen LogP) is 2.84. The second kappa shape index (κ2) is 6.51. The summed E-state index contributed by atoms with van der Waals surface area (Å²) in [5.74, 6) is 0.119. The Morgan fingerprint density at radius 3 is 2.40 bits per heavy atom. The minimum atomic E-state index is -0.600. The standard InChI is InChI=1S/C17H27NO2/c1-13-7-6-8-15(9-13)17(5,14(2)19)12-20-11-16(3,4)10-18/h6-9H,10-12,18H2,1-5H3.